The monoisotopic (exact) mass is 335 g/mol. The van der Waals surface area contributed by atoms with Crippen LogP contribution < -0.4 is 5.32 Å². The van der Waals surface area contributed by atoms with E-state index in [9.17, 15) is 4.79 Å². The van der Waals surface area contributed by atoms with E-state index in [2.05, 4.69) is 15.5 Å². The molecule has 2 aromatic carbocycles. The van der Waals surface area contributed by atoms with Gasteiger partial charge in [0.15, 0.2) is 0 Å². The van der Waals surface area contributed by atoms with Crippen molar-refractivity contribution in [1.82, 2.24) is 15.5 Å². The first kappa shape index (κ1) is 16.9. The lowest BCUT2D eigenvalue weighted by atomic mass is 10.1. The number of rotatable bonds is 6. The standard InChI is InChI=1S/C20H21N3O2/c1-14-8-10-17(11-9-14)20-22-19(25-23-20)13-12-18(24)21-15(2)16-6-4-3-5-7-16/h3-11,15H,12-13H2,1-2H3,(H,21,24)/t15-/m1/s1. The second-order valence-electron chi connectivity index (χ2n) is 6.08. The summed E-state index contributed by atoms with van der Waals surface area (Å²) in [6.45, 7) is 4.00. The van der Waals surface area contributed by atoms with Crippen LogP contribution in [0.25, 0.3) is 11.4 Å². The highest BCUT2D eigenvalue weighted by Gasteiger charge is 2.13. The number of aromatic nitrogens is 2. The fourth-order valence-corrected chi connectivity index (χ4v) is 2.54. The number of carbonyl (C=O) groups excluding carboxylic acids is 1. The van der Waals surface area contributed by atoms with Gasteiger partial charge in [-0.15, -0.1) is 0 Å². The molecular formula is C20H21N3O2. The summed E-state index contributed by atoms with van der Waals surface area (Å²) in [7, 11) is 0. The summed E-state index contributed by atoms with van der Waals surface area (Å²) in [6.07, 6.45) is 0.735. The van der Waals surface area contributed by atoms with Gasteiger partial charge < -0.3 is 9.84 Å². The summed E-state index contributed by atoms with van der Waals surface area (Å²) in [5.74, 6) is 0.984. The maximum atomic E-state index is 12.1. The van der Waals surface area contributed by atoms with Crippen LogP contribution in [0.15, 0.2) is 59.1 Å². The summed E-state index contributed by atoms with van der Waals surface area (Å²) in [5.41, 5.74) is 3.16. The molecule has 1 amide bonds. The van der Waals surface area contributed by atoms with Crippen molar-refractivity contribution in [2.24, 2.45) is 0 Å². The molecule has 1 atom stereocenters. The quantitative estimate of drug-likeness (QED) is 0.743. The van der Waals surface area contributed by atoms with Gasteiger partial charge in [-0.25, -0.2) is 0 Å². The van der Waals surface area contributed by atoms with Crippen LogP contribution in [0, 0.1) is 6.92 Å². The van der Waals surface area contributed by atoms with E-state index in [1.165, 1.54) is 5.56 Å². The van der Waals surface area contributed by atoms with Crippen LogP contribution in [0.2, 0.25) is 0 Å². The van der Waals surface area contributed by atoms with Crippen LogP contribution in [0.4, 0.5) is 0 Å². The molecule has 3 rings (SSSR count). The molecule has 1 aromatic heterocycles. The Labute approximate surface area is 147 Å². The first-order valence-electron chi connectivity index (χ1n) is 8.36. The Kier molecular flexibility index (Phi) is 5.23. The summed E-state index contributed by atoms with van der Waals surface area (Å²) in [6, 6.07) is 17.8. The molecule has 1 heterocycles. The van der Waals surface area contributed by atoms with Crippen LogP contribution in [-0.2, 0) is 11.2 Å². The Bertz CT molecular complexity index is 826. The van der Waals surface area contributed by atoms with Crippen molar-refractivity contribution < 1.29 is 9.32 Å². The summed E-state index contributed by atoms with van der Waals surface area (Å²) >= 11 is 0. The Morgan fingerprint density at radius 2 is 1.84 bits per heavy atom. The molecule has 0 saturated carbocycles. The molecule has 1 N–H and O–H groups in total. The zero-order valence-electron chi connectivity index (χ0n) is 14.4. The van der Waals surface area contributed by atoms with Gasteiger partial charge in [0, 0.05) is 18.4 Å². The van der Waals surface area contributed by atoms with Crippen molar-refractivity contribution in [1.29, 1.82) is 0 Å². The van der Waals surface area contributed by atoms with E-state index >= 15 is 0 Å². The number of carbonyl (C=O) groups is 1. The molecule has 0 radical (unpaired) electrons. The molecule has 0 bridgehead atoms. The minimum Gasteiger partial charge on any atom is -0.350 e. The average molecular weight is 335 g/mol. The SMILES string of the molecule is Cc1ccc(-c2noc(CCC(=O)N[C@H](C)c3ccccc3)n2)cc1. The van der Waals surface area contributed by atoms with Crippen molar-refractivity contribution in [3.05, 3.63) is 71.6 Å². The number of benzene rings is 2. The molecule has 0 saturated heterocycles. The van der Waals surface area contributed by atoms with Crippen LogP contribution >= 0.6 is 0 Å². The summed E-state index contributed by atoms with van der Waals surface area (Å²) < 4.78 is 5.25. The largest absolute Gasteiger partial charge is 0.350 e. The van der Waals surface area contributed by atoms with Crippen molar-refractivity contribution in [3.8, 4) is 11.4 Å². The minimum atomic E-state index is -0.0357. The lowest BCUT2D eigenvalue weighted by Gasteiger charge is -2.13. The highest BCUT2D eigenvalue weighted by molar-refractivity contribution is 5.76. The van der Waals surface area contributed by atoms with Crippen molar-refractivity contribution in [2.75, 3.05) is 0 Å². The molecule has 5 heteroatoms. The van der Waals surface area contributed by atoms with Gasteiger partial charge in [0.05, 0.1) is 6.04 Å². The Morgan fingerprint density at radius 1 is 1.12 bits per heavy atom. The van der Waals surface area contributed by atoms with Crippen LogP contribution in [0.3, 0.4) is 0 Å². The number of hydrogen-bond acceptors (Lipinski definition) is 4. The fourth-order valence-electron chi connectivity index (χ4n) is 2.54. The van der Waals surface area contributed by atoms with Gasteiger partial charge in [-0.05, 0) is 19.4 Å². The third-order valence-electron chi connectivity index (χ3n) is 4.02. The van der Waals surface area contributed by atoms with E-state index in [0.717, 1.165) is 11.1 Å². The number of hydrogen-bond donors (Lipinski definition) is 1. The first-order valence-corrected chi connectivity index (χ1v) is 8.36. The molecule has 25 heavy (non-hydrogen) atoms. The van der Waals surface area contributed by atoms with Gasteiger partial charge in [-0.1, -0.05) is 65.3 Å². The molecule has 128 valence electrons. The first-order chi connectivity index (χ1) is 12.1. The average Bonchev–Trinajstić information content (AvgIpc) is 3.10. The normalized spacial score (nSPS) is 11.9. The van der Waals surface area contributed by atoms with Gasteiger partial charge in [0.1, 0.15) is 0 Å². The fraction of sp³-hybridized carbons (Fsp3) is 0.250. The van der Waals surface area contributed by atoms with E-state index in [-0.39, 0.29) is 11.9 Å². The second kappa shape index (κ2) is 7.75. The lowest BCUT2D eigenvalue weighted by Crippen LogP contribution is -2.26. The van der Waals surface area contributed by atoms with E-state index in [1.54, 1.807) is 0 Å². The molecular weight excluding hydrogens is 314 g/mol. The molecule has 0 aliphatic heterocycles. The smallest absolute Gasteiger partial charge is 0.227 e. The van der Waals surface area contributed by atoms with Gasteiger partial charge in [-0.2, -0.15) is 4.98 Å². The van der Waals surface area contributed by atoms with E-state index in [4.69, 9.17) is 4.52 Å². The van der Waals surface area contributed by atoms with Crippen molar-refractivity contribution in [3.63, 3.8) is 0 Å². The van der Waals surface area contributed by atoms with E-state index in [0.29, 0.717) is 24.6 Å². The molecule has 3 aromatic rings. The van der Waals surface area contributed by atoms with Gasteiger partial charge >= 0.3 is 0 Å². The Hall–Kier alpha value is -2.95. The van der Waals surface area contributed by atoms with Gasteiger partial charge in [-0.3, -0.25) is 4.79 Å². The molecule has 0 aliphatic carbocycles. The van der Waals surface area contributed by atoms with E-state index in [1.807, 2.05) is 68.4 Å². The predicted molar refractivity (Wildman–Crippen MR) is 95.8 cm³/mol. The minimum absolute atomic E-state index is 0.0282. The van der Waals surface area contributed by atoms with E-state index < -0.39 is 0 Å². The second-order valence-corrected chi connectivity index (χ2v) is 6.08. The topological polar surface area (TPSA) is 68.0 Å². The highest BCUT2D eigenvalue weighted by Crippen LogP contribution is 2.17. The van der Waals surface area contributed by atoms with Crippen LogP contribution in [0.5, 0.6) is 0 Å². The zero-order valence-corrected chi connectivity index (χ0v) is 14.4. The maximum absolute atomic E-state index is 12.1. The van der Waals surface area contributed by atoms with Gasteiger partial charge in [0.2, 0.25) is 17.6 Å². The summed E-state index contributed by atoms with van der Waals surface area (Å²) in [4.78, 5) is 16.5. The van der Waals surface area contributed by atoms with Crippen molar-refractivity contribution in [2.45, 2.75) is 32.7 Å². The third kappa shape index (κ3) is 4.53. The Balaban J connectivity index is 1.53. The zero-order chi connectivity index (χ0) is 17.6. The Morgan fingerprint density at radius 3 is 2.56 bits per heavy atom. The van der Waals surface area contributed by atoms with Crippen molar-refractivity contribution >= 4 is 5.91 Å². The number of aryl methyl sites for hydroxylation is 2. The molecule has 0 aliphatic rings. The number of nitrogens with zero attached hydrogens (tertiary/aromatic N) is 2. The number of amides is 1. The summed E-state index contributed by atoms with van der Waals surface area (Å²) in [5, 5.41) is 6.97. The maximum Gasteiger partial charge on any atom is 0.227 e. The third-order valence-corrected chi connectivity index (χ3v) is 4.02. The van der Waals surface area contributed by atoms with Crippen LogP contribution in [-0.4, -0.2) is 16.0 Å². The van der Waals surface area contributed by atoms with Crippen LogP contribution in [0.1, 0.15) is 36.4 Å². The predicted octanol–water partition coefficient (Wildman–Crippen LogP) is 3.86. The molecule has 5 nitrogen and oxygen atoms in total. The molecule has 0 fully saturated rings. The highest BCUT2D eigenvalue weighted by atomic mass is 16.5. The molecule has 0 spiro atoms. The lowest BCUT2D eigenvalue weighted by molar-refractivity contribution is -0.121. The van der Waals surface area contributed by atoms with Gasteiger partial charge in [0.25, 0.3) is 0 Å². The number of nitrogens with one attached hydrogen (secondary N) is 1. The molecule has 0 unspecified atom stereocenters.